The minimum atomic E-state index is -0.282. The van der Waals surface area contributed by atoms with Gasteiger partial charge in [0.2, 0.25) is 0 Å². The monoisotopic (exact) mass is 323 g/mol. The summed E-state index contributed by atoms with van der Waals surface area (Å²) in [5.41, 5.74) is 1.12. The maximum atomic E-state index is 11.9. The standard InChI is InChI=1S/C18H29NO4/c1-12(2)9-15(18(20)23-6)19-13(3)10-14-7-8-16(21-4)17(11-14)22-5/h7-8,11-13,15,19H,9-10H2,1-6H3. The molecule has 0 saturated heterocycles. The second-order valence-electron chi connectivity index (χ2n) is 6.17. The Bertz CT molecular complexity index is 502. The molecule has 1 rings (SSSR count). The van der Waals surface area contributed by atoms with Gasteiger partial charge >= 0.3 is 5.97 Å². The number of ether oxygens (including phenoxy) is 3. The zero-order valence-electron chi connectivity index (χ0n) is 15.0. The summed E-state index contributed by atoms with van der Waals surface area (Å²) in [5.74, 6) is 1.63. The van der Waals surface area contributed by atoms with Gasteiger partial charge in [-0.1, -0.05) is 19.9 Å². The molecule has 0 spiro atoms. The van der Waals surface area contributed by atoms with E-state index in [-0.39, 0.29) is 18.1 Å². The summed E-state index contributed by atoms with van der Waals surface area (Å²) in [6.45, 7) is 6.25. The Morgan fingerprint density at radius 1 is 1.09 bits per heavy atom. The molecule has 0 saturated carbocycles. The maximum absolute atomic E-state index is 11.9. The van der Waals surface area contributed by atoms with Crippen LogP contribution in [-0.2, 0) is 16.0 Å². The molecule has 0 aliphatic rings. The van der Waals surface area contributed by atoms with E-state index < -0.39 is 0 Å². The summed E-state index contributed by atoms with van der Waals surface area (Å²) in [5, 5.41) is 3.37. The third kappa shape index (κ3) is 6.10. The van der Waals surface area contributed by atoms with E-state index in [0.717, 1.165) is 18.4 Å². The van der Waals surface area contributed by atoms with Crippen LogP contribution in [0, 0.1) is 5.92 Å². The summed E-state index contributed by atoms with van der Waals surface area (Å²) >= 11 is 0. The predicted molar refractivity (Wildman–Crippen MR) is 91.1 cm³/mol. The topological polar surface area (TPSA) is 56.8 Å². The van der Waals surface area contributed by atoms with Crippen LogP contribution in [-0.4, -0.2) is 39.4 Å². The molecular weight excluding hydrogens is 294 g/mol. The second kappa shape index (κ2) is 9.40. The number of hydrogen-bond donors (Lipinski definition) is 1. The molecule has 1 N–H and O–H groups in total. The van der Waals surface area contributed by atoms with Crippen molar-refractivity contribution in [1.82, 2.24) is 5.32 Å². The summed E-state index contributed by atoms with van der Waals surface area (Å²) in [7, 11) is 4.67. The smallest absolute Gasteiger partial charge is 0.322 e. The number of methoxy groups -OCH3 is 3. The first-order chi connectivity index (χ1) is 10.9. The van der Waals surface area contributed by atoms with Crippen molar-refractivity contribution in [3.63, 3.8) is 0 Å². The minimum absolute atomic E-state index is 0.135. The second-order valence-corrected chi connectivity index (χ2v) is 6.17. The average molecular weight is 323 g/mol. The van der Waals surface area contributed by atoms with Crippen LogP contribution in [0.5, 0.6) is 11.5 Å². The molecule has 0 fully saturated rings. The lowest BCUT2D eigenvalue weighted by atomic mass is 10.0. The Kier molecular flexibility index (Phi) is 7.89. The van der Waals surface area contributed by atoms with Crippen LogP contribution < -0.4 is 14.8 Å². The third-order valence-electron chi connectivity index (χ3n) is 3.67. The first kappa shape index (κ1) is 19.3. The number of nitrogens with one attached hydrogen (secondary N) is 1. The van der Waals surface area contributed by atoms with Gasteiger partial charge in [-0.25, -0.2) is 0 Å². The Hall–Kier alpha value is -1.75. The van der Waals surface area contributed by atoms with Crippen LogP contribution in [0.3, 0.4) is 0 Å². The highest BCUT2D eigenvalue weighted by Gasteiger charge is 2.22. The molecule has 0 amide bonds. The van der Waals surface area contributed by atoms with Crippen LogP contribution in [0.15, 0.2) is 18.2 Å². The van der Waals surface area contributed by atoms with Crippen molar-refractivity contribution in [3.05, 3.63) is 23.8 Å². The van der Waals surface area contributed by atoms with Crippen LogP contribution in [0.25, 0.3) is 0 Å². The minimum Gasteiger partial charge on any atom is -0.493 e. The van der Waals surface area contributed by atoms with E-state index in [4.69, 9.17) is 14.2 Å². The zero-order chi connectivity index (χ0) is 17.4. The number of rotatable bonds is 9. The molecule has 5 nitrogen and oxygen atoms in total. The van der Waals surface area contributed by atoms with Crippen molar-refractivity contribution in [2.75, 3.05) is 21.3 Å². The van der Waals surface area contributed by atoms with Crippen molar-refractivity contribution in [2.45, 2.75) is 45.7 Å². The van der Waals surface area contributed by atoms with Gasteiger partial charge in [0.05, 0.1) is 21.3 Å². The number of carbonyl (C=O) groups excluding carboxylic acids is 1. The van der Waals surface area contributed by atoms with E-state index in [0.29, 0.717) is 17.4 Å². The number of hydrogen-bond acceptors (Lipinski definition) is 5. The van der Waals surface area contributed by atoms with E-state index in [1.807, 2.05) is 18.2 Å². The van der Waals surface area contributed by atoms with E-state index in [2.05, 4.69) is 26.1 Å². The SMILES string of the molecule is COC(=O)C(CC(C)C)NC(C)Cc1ccc(OC)c(OC)c1. The molecule has 0 aliphatic carbocycles. The summed E-state index contributed by atoms with van der Waals surface area (Å²) in [4.78, 5) is 11.9. The van der Waals surface area contributed by atoms with E-state index in [1.54, 1.807) is 14.2 Å². The number of esters is 1. The first-order valence-corrected chi connectivity index (χ1v) is 7.96. The fraction of sp³-hybridized carbons (Fsp3) is 0.611. The van der Waals surface area contributed by atoms with Crippen molar-refractivity contribution < 1.29 is 19.0 Å². The van der Waals surface area contributed by atoms with Crippen molar-refractivity contribution in [1.29, 1.82) is 0 Å². The molecule has 1 aromatic carbocycles. The fourth-order valence-corrected chi connectivity index (χ4v) is 2.61. The first-order valence-electron chi connectivity index (χ1n) is 7.96. The van der Waals surface area contributed by atoms with Gasteiger partial charge in [-0.3, -0.25) is 4.79 Å². The molecule has 5 heteroatoms. The van der Waals surface area contributed by atoms with Gasteiger partial charge in [0.15, 0.2) is 11.5 Å². The Morgan fingerprint density at radius 3 is 2.26 bits per heavy atom. The maximum Gasteiger partial charge on any atom is 0.322 e. The quantitative estimate of drug-likeness (QED) is 0.708. The van der Waals surface area contributed by atoms with Gasteiger partial charge in [0.1, 0.15) is 6.04 Å². The summed E-state index contributed by atoms with van der Waals surface area (Å²) in [6, 6.07) is 5.72. The van der Waals surface area contributed by atoms with Gasteiger partial charge in [-0.2, -0.15) is 0 Å². The predicted octanol–water partition coefficient (Wildman–Crippen LogP) is 2.81. The van der Waals surface area contributed by atoms with Crippen molar-refractivity contribution in [2.24, 2.45) is 5.92 Å². The Balaban J connectivity index is 2.73. The number of benzene rings is 1. The van der Waals surface area contributed by atoms with E-state index in [1.165, 1.54) is 7.11 Å². The van der Waals surface area contributed by atoms with Gasteiger partial charge in [0.25, 0.3) is 0 Å². The third-order valence-corrected chi connectivity index (χ3v) is 3.67. The van der Waals surface area contributed by atoms with Crippen LogP contribution in [0.2, 0.25) is 0 Å². The van der Waals surface area contributed by atoms with Crippen LogP contribution >= 0.6 is 0 Å². The lowest BCUT2D eigenvalue weighted by molar-refractivity contribution is -0.143. The van der Waals surface area contributed by atoms with Gasteiger partial charge in [0, 0.05) is 6.04 Å². The van der Waals surface area contributed by atoms with Crippen molar-refractivity contribution in [3.8, 4) is 11.5 Å². The molecule has 0 radical (unpaired) electrons. The van der Waals surface area contributed by atoms with E-state index in [9.17, 15) is 4.79 Å². The van der Waals surface area contributed by atoms with Gasteiger partial charge in [-0.15, -0.1) is 0 Å². The Labute approximate surface area is 139 Å². The zero-order valence-corrected chi connectivity index (χ0v) is 15.0. The van der Waals surface area contributed by atoms with Crippen LogP contribution in [0.1, 0.15) is 32.8 Å². The molecule has 130 valence electrons. The summed E-state index contributed by atoms with van der Waals surface area (Å²) in [6.07, 6.45) is 1.54. The molecule has 0 aliphatic heterocycles. The fourth-order valence-electron chi connectivity index (χ4n) is 2.61. The van der Waals surface area contributed by atoms with Gasteiger partial charge < -0.3 is 19.5 Å². The van der Waals surface area contributed by atoms with Crippen LogP contribution in [0.4, 0.5) is 0 Å². The lowest BCUT2D eigenvalue weighted by Crippen LogP contribution is -2.44. The van der Waals surface area contributed by atoms with E-state index >= 15 is 0 Å². The highest BCUT2D eigenvalue weighted by molar-refractivity contribution is 5.75. The molecule has 23 heavy (non-hydrogen) atoms. The highest BCUT2D eigenvalue weighted by atomic mass is 16.5. The highest BCUT2D eigenvalue weighted by Crippen LogP contribution is 2.28. The summed E-state index contributed by atoms with van der Waals surface area (Å²) < 4.78 is 15.5. The number of carbonyl (C=O) groups is 1. The molecule has 0 heterocycles. The van der Waals surface area contributed by atoms with Gasteiger partial charge in [-0.05, 0) is 43.4 Å². The Morgan fingerprint density at radius 2 is 1.74 bits per heavy atom. The molecule has 0 aromatic heterocycles. The van der Waals surface area contributed by atoms with Crippen molar-refractivity contribution >= 4 is 5.97 Å². The molecule has 2 atom stereocenters. The molecule has 2 unspecified atom stereocenters. The lowest BCUT2D eigenvalue weighted by Gasteiger charge is -2.23. The molecule has 1 aromatic rings. The largest absolute Gasteiger partial charge is 0.493 e. The molecule has 0 bridgehead atoms. The molecular formula is C18H29NO4. The average Bonchev–Trinajstić information content (AvgIpc) is 2.52. The normalized spacial score (nSPS) is 13.5.